The topological polar surface area (TPSA) is 50.6 Å². The summed E-state index contributed by atoms with van der Waals surface area (Å²) in [5.74, 6) is 0.415. The Hall–Kier alpha value is -1.87. The van der Waals surface area contributed by atoms with E-state index >= 15 is 0 Å². The molecule has 0 saturated carbocycles. The molecular formula is C15H18F2N4O2S. The maximum absolute atomic E-state index is 13.0. The van der Waals surface area contributed by atoms with Gasteiger partial charge in [-0.1, -0.05) is 0 Å². The number of benzene rings is 1. The average molecular weight is 356 g/mol. The van der Waals surface area contributed by atoms with Gasteiger partial charge in [0.05, 0.1) is 16.6 Å². The third-order valence-corrected chi connectivity index (χ3v) is 4.56. The van der Waals surface area contributed by atoms with Crippen molar-refractivity contribution in [3.63, 3.8) is 0 Å². The van der Waals surface area contributed by atoms with Gasteiger partial charge in [0.2, 0.25) is 0 Å². The van der Waals surface area contributed by atoms with E-state index < -0.39 is 12.2 Å². The molecule has 2 heterocycles. The van der Waals surface area contributed by atoms with Crippen LogP contribution < -0.4 is 15.2 Å². The van der Waals surface area contributed by atoms with Gasteiger partial charge in [-0.2, -0.15) is 0 Å². The minimum absolute atomic E-state index is 0.101. The highest BCUT2D eigenvalue weighted by molar-refractivity contribution is 7.92. The molecule has 0 bridgehead atoms. The number of likely N-dealkylation sites (N-methyl/N-ethyl adjacent to an activating group) is 1. The predicted molar refractivity (Wildman–Crippen MR) is 91.3 cm³/mol. The summed E-state index contributed by atoms with van der Waals surface area (Å²) in [5.41, 5.74) is 0.516. The van der Waals surface area contributed by atoms with E-state index in [2.05, 4.69) is 9.88 Å². The zero-order valence-electron chi connectivity index (χ0n) is 13.4. The van der Waals surface area contributed by atoms with Crippen molar-refractivity contribution in [1.29, 1.82) is 0 Å². The highest BCUT2D eigenvalue weighted by atomic mass is 32.2. The second-order valence-electron chi connectivity index (χ2n) is 5.81. The first kappa shape index (κ1) is 17.0. The second kappa shape index (κ2) is 6.94. The largest absolute Gasteiger partial charge is 0.489 e. The molecule has 0 atom stereocenters. The SMILES string of the molecule is CN(C)C1CN(c2c(OCCF)ccc3ncn(SF)c(=O)c23)C1. The summed E-state index contributed by atoms with van der Waals surface area (Å²) in [6.07, 6.45) is 1.15. The molecule has 1 aromatic heterocycles. The van der Waals surface area contributed by atoms with Crippen LogP contribution >= 0.6 is 12.3 Å². The van der Waals surface area contributed by atoms with Crippen LogP contribution in [0.15, 0.2) is 23.3 Å². The number of rotatable bonds is 6. The smallest absolute Gasteiger partial charge is 0.275 e. The van der Waals surface area contributed by atoms with Crippen molar-refractivity contribution in [2.45, 2.75) is 6.04 Å². The number of nitrogens with zero attached hydrogens (tertiary/aromatic N) is 4. The molecule has 2 aromatic rings. The quantitative estimate of drug-likeness (QED) is 0.788. The molecular weight excluding hydrogens is 338 g/mol. The van der Waals surface area contributed by atoms with E-state index in [4.69, 9.17) is 4.74 Å². The molecule has 24 heavy (non-hydrogen) atoms. The normalized spacial score (nSPS) is 15.1. The highest BCUT2D eigenvalue weighted by Crippen LogP contribution is 2.37. The van der Waals surface area contributed by atoms with Gasteiger partial charge in [-0.25, -0.2) is 13.3 Å². The molecule has 1 fully saturated rings. The Bertz CT molecular complexity index is 793. The van der Waals surface area contributed by atoms with Crippen molar-refractivity contribution in [2.75, 3.05) is 45.4 Å². The zero-order valence-corrected chi connectivity index (χ0v) is 14.2. The fraction of sp³-hybridized carbons (Fsp3) is 0.467. The molecule has 0 radical (unpaired) electrons. The first-order valence-corrected chi connectivity index (χ1v) is 8.17. The first-order valence-electron chi connectivity index (χ1n) is 7.50. The van der Waals surface area contributed by atoms with Gasteiger partial charge in [-0.15, -0.1) is 3.89 Å². The van der Waals surface area contributed by atoms with Crippen LogP contribution in [0.1, 0.15) is 0 Å². The van der Waals surface area contributed by atoms with Gasteiger partial charge in [0.15, 0.2) is 12.3 Å². The Balaban J connectivity index is 2.12. The van der Waals surface area contributed by atoms with Crippen LogP contribution in [0, 0.1) is 0 Å². The van der Waals surface area contributed by atoms with E-state index in [0.29, 0.717) is 36.1 Å². The number of hydrogen-bond acceptors (Lipinski definition) is 6. The van der Waals surface area contributed by atoms with Crippen molar-refractivity contribution in [3.05, 3.63) is 28.8 Å². The van der Waals surface area contributed by atoms with Crippen LogP contribution in [0.4, 0.5) is 14.0 Å². The molecule has 3 rings (SSSR count). The van der Waals surface area contributed by atoms with Gasteiger partial charge in [-0.05, 0) is 26.2 Å². The maximum Gasteiger partial charge on any atom is 0.275 e. The van der Waals surface area contributed by atoms with Gasteiger partial charge < -0.3 is 14.5 Å². The average Bonchev–Trinajstić information content (AvgIpc) is 2.52. The second-order valence-corrected chi connectivity index (χ2v) is 6.34. The lowest BCUT2D eigenvalue weighted by Gasteiger charge is -2.44. The molecule has 130 valence electrons. The Labute approximate surface area is 142 Å². The van der Waals surface area contributed by atoms with Crippen LogP contribution in [0.2, 0.25) is 0 Å². The van der Waals surface area contributed by atoms with Crippen LogP contribution in [-0.2, 0) is 0 Å². The zero-order chi connectivity index (χ0) is 17.3. The standard InChI is InChI=1S/C15H18F2N4O2S/c1-19(2)10-7-20(8-10)14-12(23-6-5-16)4-3-11-13(14)15(22)21(24-17)9-18-11/h3-4,9-10H,5-8H2,1-2H3. The number of alkyl halides is 1. The summed E-state index contributed by atoms with van der Waals surface area (Å²) in [4.78, 5) is 20.8. The van der Waals surface area contributed by atoms with Crippen molar-refractivity contribution in [1.82, 2.24) is 13.9 Å². The Morgan fingerprint density at radius 3 is 2.79 bits per heavy atom. The lowest BCUT2D eigenvalue weighted by Crippen LogP contribution is -2.57. The molecule has 0 amide bonds. The Morgan fingerprint density at radius 2 is 2.17 bits per heavy atom. The molecule has 1 aromatic carbocycles. The van der Waals surface area contributed by atoms with Crippen LogP contribution in [0.3, 0.4) is 0 Å². The summed E-state index contributed by atoms with van der Waals surface area (Å²) in [6.45, 7) is 0.676. The summed E-state index contributed by atoms with van der Waals surface area (Å²) >= 11 is -0.200. The van der Waals surface area contributed by atoms with Crippen LogP contribution in [0.5, 0.6) is 5.75 Å². The minimum atomic E-state index is -0.630. The molecule has 0 aliphatic carbocycles. The third-order valence-electron chi connectivity index (χ3n) is 4.15. The van der Waals surface area contributed by atoms with Gasteiger partial charge in [-0.3, -0.25) is 4.79 Å². The summed E-state index contributed by atoms with van der Waals surface area (Å²) < 4.78 is 31.8. The van der Waals surface area contributed by atoms with E-state index in [-0.39, 0.29) is 24.3 Å². The van der Waals surface area contributed by atoms with Gasteiger partial charge in [0.25, 0.3) is 5.56 Å². The lowest BCUT2D eigenvalue weighted by atomic mass is 10.0. The molecule has 1 aliphatic heterocycles. The molecule has 1 saturated heterocycles. The highest BCUT2D eigenvalue weighted by Gasteiger charge is 2.32. The number of hydrogen-bond donors (Lipinski definition) is 0. The molecule has 0 spiro atoms. The van der Waals surface area contributed by atoms with E-state index in [1.54, 1.807) is 12.1 Å². The summed E-state index contributed by atoms with van der Waals surface area (Å²) in [6, 6.07) is 3.66. The lowest BCUT2D eigenvalue weighted by molar-refractivity contribution is 0.242. The molecule has 1 aliphatic rings. The van der Waals surface area contributed by atoms with Gasteiger partial charge >= 0.3 is 0 Å². The molecule has 0 unspecified atom stereocenters. The fourth-order valence-corrected chi connectivity index (χ4v) is 2.99. The fourth-order valence-electron chi connectivity index (χ4n) is 2.75. The third kappa shape index (κ3) is 2.93. The molecule has 6 nitrogen and oxygen atoms in total. The van der Waals surface area contributed by atoms with E-state index in [1.165, 1.54) is 0 Å². The summed E-state index contributed by atoms with van der Waals surface area (Å²) in [7, 11) is 3.97. The monoisotopic (exact) mass is 356 g/mol. The van der Waals surface area contributed by atoms with Gasteiger partial charge in [0, 0.05) is 19.1 Å². The Morgan fingerprint density at radius 1 is 1.42 bits per heavy atom. The van der Waals surface area contributed by atoms with Crippen molar-refractivity contribution in [2.24, 2.45) is 0 Å². The van der Waals surface area contributed by atoms with Crippen molar-refractivity contribution in [3.8, 4) is 5.75 Å². The first-order chi connectivity index (χ1) is 11.6. The van der Waals surface area contributed by atoms with Gasteiger partial charge in [0.1, 0.15) is 25.4 Å². The van der Waals surface area contributed by atoms with Crippen LogP contribution in [-0.4, -0.2) is 60.4 Å². The van der Waals surface area contributed by atoms with Crippen molar-refractivity contribution >= 4 is 28.9 Å². The number of anilines is 1. The number of aromatic nitrogens is 2. The van der Waals surface area contributed by atoms with E-state index in [0.717, 1.165) is 10.3 Å². The Kier molecular flexibility index (Phi) is 4.91. The number of ether oxygens (including phenoxy) is 1. The molecule has 9 heteroatoms. The molecule has 0 N–H and O–H groups in total. The van der Waals surface area contributed by atoms with Crippen molar-refractivity contribution < 1.29 is 13.0 Å². The van der Waals surface area contributed by atoms with E-state index in [1.807, 2.05) is 19.0 Å². The van der Waals surface area contributed by atoms with E-state index in [9.17, 15) is 13.1 Å². The summed E-state index contributed by atoms with van der Waals surface area (Å²) in [5, 5.41) is 0.288. The number of halogens is 2. The maximum atomic E-state index is 13.0. The minimum Gasteiger partial charge on any atom is -0.489 e. The van der Waals surface area contributed by atoms with Crippen LogP contribution in [0.25, 0.3) is 10.9 Å². The number of fused-ring (bicyclic) bond motifs is 1. The predicted octanol–water partition coefficient (Wildman–Crippen LogP) is 1.88.